The van der Waals surface area contributed by atoms with Gasteiger partial charge < -0.3 is 10.2 Å². The maximum atomic E-state index is 12.4. The molecule has 1 saturated heterocycles. The van der Waals surface area contributed by atoms with Crippen LogP contribution in [0.4, 0.5) is 0 Å². The molecule has 0 bridgehead atoms. The van der Waals surface area contributed by atoms with Gasteiger partial charge in [0, 0.05) is 17.7 Å². The summed E-state index contributed by atoms with van der Waals surface area (Å²) in [5.74, 6) is 0.798. The summed E-state index contributed by atoms with van der Waals surface area (Å²) in [7, 11) is 0. The molecule has 154 valence electrons. The van der Waals surface area contributed by atoms with E-state index in [2.05, 4.69) is 47.8 Å². The van der Waals surface area contributed by atoms with Crippen LogP contribution in [0, 0.1) is 5.92 Å². The number of benzene rings is 3. The van der Waals surface area contributed by atoms with Crippen LogP contribution in [0.3, 0.4) is 0 Å². The number of likely N-dealkylation sites (tertiary alicyclic amines) is 1. The molecule has 3 nitrogen and oxygen atoms in total. The lowest BCUT2D eigenvalue weighted by molar-refractivity contribution is -0.919. The molecule has 1 aliphatic heterocycles. The summed E-state index contributed by atoms with van der Waals surface area (Å²) in [6.07, 6.45) is 3.80. The summed E-state index contributed by atoms with van der Waals surface area (Å²) >= 11 is 0. The number of carbonyl (C=O) groups is 1. The Hall–Kier alpha value is -2.91. The molecule has 2 N–H and O–H groups in total. The maximum Gasteiger partial charge on any atom is 0.251 e. The predicted molar refractivity (Wildman–Crippen MR) is 121 cm³/mol. The highest BCUT2D eigenvalue weighted by molar-refractivity contribution is 5.94. The summed E-state index contributed by atoms with van der Waals surface area (Å²) in [5, 5.41) is 3.00. The van der Waals surface area contributed by atoms with Gasteiger partial charge >= 0.3 is 0 Å². The molecule has 1 heterocycles. The molecule has 0 unspecified atom stereocenters. The quantitative estimate of drug-likeness (QED) is 0.625. The molecule has 1 amide bonds. The molecule has 0 radical (unpaired) electrons. The Labute approximate surface area is 179 Å². The fourth-order valence-corrected chi connectivity index (χ4v) is 4.36. The van der Waals surface area contributed by atoms with E-state index in [0.717, 1.165) is 23.6 Å². The molecule has 0 aromatic heterocycles. The number of rotatable bonds is 7. The Bertz CT molecular complexity index is 914. The van der Waals surface area contributed by atoms with Crippen LogP contribution in [0.5, 0.6) is 0 Å². The van der Waals surface area contributed by atoms with Gasteiger partial charge in [0.1, 0.15) is 6.54 Å². The molecule has 1 aliphatic rings. The van der Waals surface area contributed by atoms with Crippen molar-refractivity contribution in [2.24, 2.45) is 5.92 Å². The van der Waals surface area contributed by atoms with E-state index in [1.54, 1.807) is 4.90 Å². The molecule has 0 atom stereocenters. The molecular formula is C27H31N2O+. The van der Waals surface area contributed by atoms with Crippen molar-refractivity contribution in [2.75, 3.05) is 13.1 Å². The average Bonchev–Trinajstić information content (AvgIpc) is 2.81. The standard InChI is InChI=1S/C27H30N2O/c30-27(28-20-24-9-5-2-6-10-24)26-13-11-25(12-14-26)21-29-17-15-23(16-18-29)19-22-7-3-1-4-8-22/h1-14,23H,15-21H2,(H,28,30)/p+1. The lowest BCUT2D eigenvalue weighted by Gasteiger charge is -2.29. The fraction of sp³-hybridized carbons (Fsp3) is 0.296. The molecule has 3 aromatic rings. The number of quaternary nitrogens is 1. The Morgan fingerprint density at radius 2 is 1.37 bits per heavy atom. The first-order valence-electron chi connectivity index (χ1n) is 11.0. The van der Waals surface area contributed by atoms with Crippen LogP contribution in [-0.2, 0) is 19.5 Å². The number of amides is 1. The monoisotopic (exact) mass is 399 g/mol. The maximum absolute atomic E-state index is 12.4. The van der Waals surface area contributed by atoms with Crippen molar-refractivity contribution >= 4 is 5.91 Å². The van der Waals surface area contributed by atoms with Crippen LogP contribution in [-0.4, -0.2) is 19.0 Å². The first-order valence-corrected chi connectivity index (χ1v) is 11.0. The van der Waals surface area contributed by atoms with E-state index in [1.807, 2.05) is 42.5 Å². The van der Waals surface area contributed by atoms with Crippen LogP contribution < -0.4 is 10.2 Å². The Balaban J connectivity index is 1.22. The summed E-state index contributed by atoms with van der Waals surface area (Å²) in [6.45, 7) is 4.07. The molecule has 4 rings (SSSR count). The SMILES string of the molecule is O=C(NCc1ccccc1)c1ccc(C[NH+]2CCC(Cc3ccccc3)CC2)cc1. The molecule has 1 fully saturated rings. The van der Waals surface area contributed by atoms with Crippen LogP contribution in [0.15, 0.2) is 84.9 Å². The number of nitrogens with one attached hydrogen (secondary N) is 2. The van der Waals surface area contributed by atoms with Crippen molar-refractivity contribution in [1.82, 2.24) is 5.32 Å². The minimum absolute atomic E-state index is 0.0144. The smallest absolute Gasteiger partial charge is 0.251 e. The molecule has 0 spiro atoms. The van der Waals surface area contributed by atoms with Gasteiger partial charge in [-0.05, 0) is 48.4 Å². The van der Waals surface area contributed by atoms with Gasteiger partial charge in [-0.15, -0.1) is 0 Å². The van der Waals surface area contributed by atoms with E-state index >= 15 is 0 Å². The van der Waals surface area contributed by atoms with Crippen molar-refractivity contribution < 1.29 is 9.69 Å². The molecule has 30 heavy (non-hydrogen) atoms. The summed E-state index contributed by atoms with van der Waals surface area (Å²) in [6, 6.07) is 29.0. The molecule has 0 aliphatic carbocycles. The van der Waals surface area contributed by atoms with Crippen molar-refractivity contribution in [3.05, 3.63) is 107 Å². The van der Waals surface area contributed by atoms with Gasteiger partial charge in [-0.3, -0.25) is 4.79 Å². The Kier molecular flexibility index (Phi) is 6.94. The number of hydrogen-bond acceptors (Lipinski definition) is 1. The van der Waals surface area contributed by atoms with Crippen LogP contribution in [0.1, 0.15) is 39.9 Å². The second kappa shape index (κ2) is 10.2. The van der Waals surface area contributed by atoms with E-state index in [9.17, 15) is 4.79 Å². The van der Waals surface area contributed by atoms with Crippen LogP contribution in [0.25, 0.3) is 0 Å². The number of piperidine rings is 1. The summed E-state index contributed by atoms with van der Waals surface area (Å²) in [5.41, 5.74) is 4.62. The highest BCUT2D eigenvalue weighted by Gasteiger charge is 2.22. The zero-order chi connectivity index (χ0) is 20.6. The largest absolute Gasteiger partial charge is 0.348 e. The topological polar surface area (TPSA) is 33.5 Å². The number of hydrogen-bond donors (Lipinski definition) is 2. The van der Waals surface area contributed by atoms with E-state index < -0.39 is 0 Å². The highest BCUT2D eigenvalue weighted by atomic mass is 16.1. The third-order valence-corrected chi connectivity index (χ3v) is 6.15. The van der Waals surface area contributed by atoms with Crippen LogP contribution >= 0.6 is 0 Å². The average molecular weight is 400 g/mol. The third-order valence-electron chi connectivity index (χ3n) is 6.15. The second-order valence-electron chi connectivity index (χ2n) is 8.43. The zero-order valence-corrected chi connectivity index (χ0v) is 17.5. The van der Waals surface area contributed by atoms with E-state index in [-0.39, 0.29) is 5.91 Å². The van der Waals surface area contributed by atoms with E-state index in [4.69, 9.17) is 0 Å². The summed E-state index contributed by atoms with van der Waals surface area (Å²) in [4.78, 5) is 14.0. The van der Waals surface area contributed by atoms with Gasteiger partial charge in [0.25, 0.3) is 5.91 Å². The lowest BCUT2D eigenvalue weighted by atomic mass is 9.90. The van der Waals surface area contributed by atoms with Crippen molar-refractivity contribution in [3.63, 3.8) is 0 Å². The van der Waals surface area contributed by atoms with Gasteiger partial charge in [-0.2, -0.15) is 0 Å². The summed E-state index contributed by atoms with van der Waals surface area (Å²) < 4.78 is 0. The minimum Gasteiger partial charge on any atom is -0.348 e. The van der Waals surface area contributed by atoms with Crippen LogP contribution in [0.2, 0.25) is 0 Å². The normalized spacial score (nSPS) is 18.7. The second-order valence-corrected chi connectivity index (χ2v) is 8.43. The highest BCUT2D eigenvalue weighted by Crippen LogP contribution is 2.16. The fourth-order valence-electron chi connectivity index (χ4n) is 4.36. The van der Waals surface area contributed by atoms with Crippen molar-refractivity contribution in [2.45, 2.75) is 32.4 Å². The first-order chi connectivity index (χ1) is 14.8. The molecular weight excluding hydrogens is 368 g/mol. The van der Waals surface area contributed by atoms with Crippen molar-refractivity contribution in [1.29, 1.82) is 0 Å². The van der Waals surface area contributed by atoms with Gasteiger partial charge in [-0.1, -0.05) is 72.8 Å². The zero-order valence-electron chi connectivity index (χ0n) is 17.5. The predicted octanol–water partition coefficient (Wildman–Crippen LogP) is 3.65. The van der Waals surface area contributed by atoms with Gasteiger partial charge in [0.2, 0.25) is 0 Å². The Morgan fingerprint density at radius 3 is 2.00 bits per heavy atom. The number of carbonyl (C=O) groups excluding carboxylic acids is 1. The minimum atomic E-state index is -0.0144. The van der Waals surface area contributed by atoms with E-state index in [0.29, 0.717) is 6.54 Å². The Morgan fingerprint density at radius 1 is 0.767 bits per heavy atom. The molecule has 3 aromatic carbocycles. The van der Waals surface area contributed by atoms with E-state index in [1.165, 1.54) is 43.5 Å². The first kappa shape index (κ1) is 20.4. The third kappa shape index (κ3) is 5.80. The lowest BCUT2D eigenvalue weighted by Crippen LogP contribution is -3.11. The van der Waals surface area contributed by atoms with Crippen molar-refractivity contribution in [3.8, 4) is 0 Å². The van der Waals surface area contributed by atoms with Gasteiger partial charge in [-0.25, -0.2) is 0 Å². The molecule has 3 heteroatoms. The van der Waals surface area contributed by atoms with Gasteiger partial charge in [0.05, 0.1) is 13.1 Å². The van der Waals surface area contributed by atoms with Gasteiger partial charge in [0.15, 0.2) is 0 Å². The molecule has 0 saturated carbocycles.